The average molecular weight is 1360 g/mol. The van der Waals surface area contributed by atoms with Gasteiger partial charge in [0.05, 0.1) is 64.2 Å². The number of carbonyl (C=O) groups excluding carboxylic acids is 12. The number of rotatable bonds is 50. The Balaban J connectivity index is 0.0000370. The smallest absolute Gasteiger partial charge is 0.390 e. The number of hydrogen-bond acceptors (Lipinski definition) is 17. The van der Waals surface area contributed by atoms with Gasteiger partial charge in [-0.1, -0.05) is 88.4 Å². The van der Waals surface area contributed by atoms with Gasteiger partial charge in [-0.3, -0.25) is 47.9 Å². The van der Waals surface area contributed by atoms with Crippen molar-refractivity contribution in [2.24, 2.45) is 29.4 Å². The van der Waals surface area contributed by atoms with Gasteiger partial charge in [0.1, 0.15) is 24.8 Å². The summed E-state index contributed by atoms with van der Waals surface area (Å²) >= 11 is 1.92. The Morgan fingerprint density at radius 1 is 0.523 bits per heavy atom. The number of amides is 5. The van der Waals surface area contributed by atoms with E-state index in [0.717, 1.165) is 11.1 Å². The van der Waals surface area contributed by atoms with Crippen molar-refractivity contribution in [3.8, 4) is 0 Å². The Morgan fingerprint density at radius 3 is 1.41 bits per heavy atom. The van der Waals surface area contributed by atoms with Gasteiger partial charge in [-0.2, -0.15) is 0 Å². The van der Waals surface area contributed by atoms with E-state index in [0.29, 0.717) is 25.5 Å². The van der Waals surface area contributed by atoms with Crippen molar-refractivity contribution in [3.05, 3.63) is 71.8 Å². The summed E-state index contributed by atoms with van der Waals surface area (Å²) in [6.07, 6.45) is 2.43. The van der Waals surface area contributed by atoms with Crippen LogP contribution in [0.5, 0.6) is 0 Å². The van der Waals surface area contributed by atoms with E-state index in [4.69, 9.17) is 24.7 Å². The number of halogens is 1. The normalized spacial score (nSPS) is 12.9. The molecule has 5 amide bonds. The predicted molar refractivity (Wildman–Crippen MR) is 328 cm³/mol. The first-order valence-corrected chi connectivity index (χ1v) is 32.8. The van der Waals surface area contributed by atoms with Gasteiger partial charge in [-0.25, -0.2) is 0 Å². The maximum atomic E-state index is 13.6. The molecule has 5 atom stereocenters. The molecule has 22 nitrogen and oxygen atoms in total. The van der Waals surface area contributed by atoms with Crippen LogP contribution in [-0.2, 0) is 89.3 Å². The number of ether oxygens (including phenoxy) is 4. The monoisotopic (exact) mass is 1360 g/mol. The number of Topliss-reactive ketones (excluding diaryl/α,β-unsaturated/α-hetero) is 6. The minimum atomic E-state index is -0.918. The second-order valence-corrected chi connectivity index (χ2v) is 23.8. The third kappa shape index (κ3) is 39.2. The molecule has 2 aromatic carbocycles. The molecule has 0 saturated heterocycles. The first kappa shape index (κ1) is 80.1. The van der Waals surface area contributed by atoms with E-state index >= 15 is 0 Å². The van der Waals surface area contributed by atoms with E-state index in [9.17, 15) is 57.5 Å². The van der Waals surface area contributed by atoms with Crippen LogP contribution in [-0.4, -0.2) is 160 Å². The standard InChI is InChI=1S/C61H89IN6O16P.K/c1-41(2)31-52(54(73)21-18-43(5)69)67-59(78)46(33-44-13-8-6-9-14-44)35-49(71)37-65-56(75)39-83-29-27-81-25-12-17-48(70)19-20-51(63)61(80)64-24-26-82-28-30-84-40-57(76)66-38-50(72)36-47(34-45-15-10-7-11-16-45)60(79)68-53(32-42(3)4)55(74)22-23-58(77)85-62;/h6-11,13-16,41-42,46-47,51-53H,12,17-40,63H2,1-5H3,(H,64,80)(H,65,75)(H,66,76)(H,67,78)(H,68,79);/q-1;+1. The molecule has 0 saturated carbocycles. The van der Waals surface area contributed by atoms with Crippen molar-refractivity contribution in [1.29, 1.82) is 0 Å². The second kappa shape index (κ2) is 48.0. The number of benzene rings is 2. The largest absolute Gasteiger partial charge is 1.00 e. The van der Waals surface area contributed by atoms with Crippen LogP contribution in [0.15, 0.2) is 60.7 Å². The Bertz CT molecular complexity index is 2440. The molecule has 0 heterocycles. The molecule has 2 aromatic rings. The Labute approximate surface area is 563 Å². The van der Waals surface area contributed by atoms with Crippen LogP contribution in [0, 0.1) is 23.7 Å². The zero-order valence-electron chi connectivity index (χ0n) is 50.9. The third-order valence-electron chi connectivity index (χ3n) is 13.1. The van der Waals surface area contributed by atoms with Crippen LogP contribution in [0.4, 0.5) is 0 Å². The van der Waals surface area contributed by atoms with Crippen molar-refractivity contribution in [2.75, 3.05) is 72.5 Å². The fraction of sp³-hybridized carbons (Fsp3) is 0.607. The Morgan fingerprint density at radius 2 is 0.965 bits per heavy atom. The molecule has 86 heavy (non-hydrogen) atoms. The van der Waals surface area contributed by atoms with Gasteiger partial charge >= 0.3 is 51.4 Å². The quantitative estimate of drug-likeness (QED) is 0.0238. The van der Waals surface area contributed by atoms with Crippen LogP contribution in [0.2, 0.25) is 0 Å². The fourth-order valence-electron chi connectivity index (χ4n) is 8.58. The van der Waals surface area contributed by atoms with Crippen molar-refractivity contribution in [3.63, 3.8) is 0 Å². The predicted octanol–water partition coefficient (Wildman–Crippen LogP) is 1.67. The van der Waals surface area contributed by atoms with Crippen molar-refractivity contribution < 1.29 is 128 Å². The molecule has 0 aliphatic carbocycles. The van der Waals surface area contributed by atoms with E-state index in [2.05, 4.69) is 26.6 Å². The molecule has 0 fully saturated rings. The topological polar surface area (TPSA) is 328 Å². The van der Waals surface area contributed by atoms with Gasteiger partial charge < -0.3 is 89.1 Å². The number of carbonyl (C=O) groups is 12. The summed E-state index contributed by atoms with van der Waals surface area (Å²) in [5, 5.41) is 13.3. The van der Waals surface area contributed by atoms with E-state index in [1.807, 2.05) is 110 Å². The molecule has 0 radical (unpaired) electrons. The summed E-state index contributed by atoms with van der Waals surface area (Å²) in [7, 11) is 0. The van der Waals surface area contributed by atoms with Gasteiger partial charge in [0.15, 0.2) is 23.1 Å². The van der Waals surface area contributed by atoms with Gasteiger partial charge in [-0.15, -0.1) is 0 Å². The van der Waals surface area contributed by atoms with Crippen molar-refractivity contribution >= 4 is 98.0 Å². The van der Waals surface area contributed by atoms with Crippen LogP contribution in [0.25, 0.3) is 0 Å². The van der Waals surface area contributed by atoms with E-state index in [-0.39, 0.29) is 247 Å². The molecule has 7 N–H and O–H groups in total. The van der Waals surface area contributed by atoms with Crippen molar-refractivity contribution in [2.45, 2.75) is 143 Å². The number of ketones is 6. The van der Waals surface area contributed by atoms with Crippen molar-refractivity contribution in [1.82, 2.24) is 26.6 Å². The summed E-state index contributed by atoms with van der Waals surface area (Å²) in [6.45, 7) is 8.63. The van der Waals surface area contributed by atoms with Gasteiger partial charge in [0.25, 0.3) is 0 Å². The molecule has 0 aromatic heterocycles. The molecule has 0 spiro atoms. The molecular weight excluding hydrogens is 1270 g/mol. The zero-order chi connectivity index (χ0) is 62.9. The summed E-state index contributed by atoms with van der Waals surface area (Å²) < 4.78 is 21.7. The molecule has 0 aliphatic rings. The van der Waals surface area contributed by atoms with Crippen LogP contribution < -0.4 is 83.7 Å². The molecule has 472 valence electrons. The first-order valence-electron chi connectivity index (χ1n) is 29.1. The zero-order valence-corrected chi connectivity index (χ0v) is 57.1. The number of nitrogens with two attached hydrogens (primary N) is 1. The molecule has 5 unspecified atom stereocenters. The summed E-state index contributed by atoms with van der Waals surface area (Å²) in [5.74, 6) is -5.40. The van der Waals surface area contributed by atoms with Gasteiger partial charge in [-0.05, 0) is 80.4 Å². The first-order chi connectivity index (χ1) is 40.6. The van der Waals surface area contributed by atoms with E-state index < -0.39 is 59.5 Å². The number of nitrogens with one attached hydrogen (secondary N) is 5. The average Bonchev–Trinajstić information content (AvgIpc) is 3.54. The fourth-order valence-corrected chi connectivity index (χ4v) is 9.50. The van der Waals surface area contributed by atoms with Crippen LogP contribution in [0.1, 0.15) is 123 Å². The second-order valence-electron chi connectivity index (χ2n) is 21.7. The SMILES string of the molecule is CC(=O)CCC(=O)C(CC(C)C)NC(=O)C(CC(=O)CNC(=O)COCCOCCCC(=O)CCC(N)C(=O)NCCOCCOCC(=O)NCC(=O)CC(Cc1ccccc1)C(=O)NC(CC(C)C)C(=O)CCC(=O)[P-]I)Cc1ccccc1.[K+]. The maximum absolute atomic E-state index is 13.6. The molecule has 2 rings (SSSR count). The number of hydrogen-bond donors (Lipinski definition) is 6. The third-order valence-corrected chi connectivity index (χ3v) is 15.1. The summed E-state index contributed by atoms with van der Waals surface area (Å²) in [6, 6.07) is 15.8. The van der Waals surface area contributed by atoms with Crippen LogP contribution >= 0.6 is 28.3 Å². The summed E-state index contributed by atoms with van der Waals surface area (Å²) in [4.78, 5) is 152. The molecule has 25 heteroatoms. The van der Waals surface area contributed by atoms with E-state index in [1.165, 1.54) is 6.92 Å². The molecule has 0 bridgehead atoms. The molecular formula is C61H89IKN6O16P. The minimum Gasteiger partial charge on any atom is -0.390 e. The van der Waals surface area contributed by atoms with Gasteiger partial charge in [0, 0.05) is 69.9 Å². The minimum absolute atomic E-state index is 0. The maximum Gasteiger partial charge on any atom is 1.00 e. The van der Waals surface area contributed by atoms with E-state index in [1.54, 1.807) is 0 Å². The van der Waals surface area contributed by atoms with Gasteiger partial charge in [0.2, 0.25) is 29.5 Å². The summed E-state index contributed by atoms with van der Waals surface area (Å²) in [5.41, 5.74) is 7.56. The van der Waals surface area contributed by atoms with Crippen LogP contribution in [0.3, 0.4) is 0 Å². The Kier molecular flexibility index (Phi) is 44.7. The Hall–Kier alpha value is -3.92. The molecule has 0 aliphatic heterocycles.